The molecule has 1 aliphatic rings. The van der Waals surface area contributed by atoms with Crippen molar-refractivity contribution in [2.24, 2.45) is 5.73 Å². The Bertz CT molecular complexity index is 364. The van der Waals surface area contributed by atoms with E-state index in [1.807, 2.05) is 18.3 Å². The summed E-state index contributed by atoms with van der Waals surface area (Å²) in [4.78, 5) is 4.24. The van der Waals surface area contributed by atoms with E-state index < -0.39 is 0 Å². The van der Waals surface area contributed by atoms with E-state index in [1.54, 1.807) is 0 Å². The van der Waals surface area contributed by atoms with Crippen LogP contribution in [0.2, 0.25) is 0 Å². The van der Waals surface area contributed by atoms with Crippen LogP contribution in [0.5, 0.6) is 5.88 Å². The van der Waals surface area contributed by atoms with Crippen molar-refractivity contribution in [1.29, 1.82) is 0 Å². The molecule has 3 nitrogen and oxygen atoms in total. The molecule has 0 bridgehead atoms. The number of pyridine rings is 1. The largest absolute Gasteiger partial charge is 0.474 e. The Kier molecular flexibility index (Phi) is 2.89. The van der Waals surface area contributed by atoms with Gasteiger partial charge in [-0.3, -0.25) is 0 Å². The van der Waals surface area contributed by atoms with Crippen molar-refractivity contribution in [1.82, 2.24) is 4.98 Å². The van der Waals surface area contributed by atoms with Crippen molar-refractivity contribution >= 4 is 0 Å². The zero-order valence-corrected chi connectivity index (χ0v) is 10.2. The monoisotopic (exact) mass is 220 g/mol. The van der Waals surface area contributed by atoms with E-state index in [-0.39, 0.29) is 11.5 Å². The van der Waals surface area contributed by atoms with Crippen molar-refractivity contribution in [2.75, 3.05) is 0 Å². The number of hydrogen-bond acceptors (Lipinski definition) is 3. The van der Waals surface area contributed by atoms with E-state index in [0.717, 1.165) is 18.7 Å². The van der Waals surface area contributed by atoms with Crippen LogP contribution in [-0.2, 0) is 5.41 Å². The normalized spacial score (nSPS) is 25.0. The molecule has 2 N–H and O–H groups in total. The molecule has 0 aliphatic heterocycles. The second kappa shape index (κ2) is 4.06. The van der Waals surface area contributed by atoms with Crippen LogP contribution in [0.25, 0.3) is 0 Å². The Hall–Kier alpha value is -1.09. The lowest BCUT2D eigenvalue weighted by Gasteiger charge is -2.32. The molecule has 1 heterocycles. The van der Waals surface area contributed by atoms with Crippen molar-refractivity contribution in [3.8, 4) is 5.88 Å². The molecular formula is C13H20N2O. The summed E-state index contributed by atoms with van der Waals surface area (Å²) in [6.45, 7) is 6.56. The van der Waals surface area contributed by atoms with Crippen molar-refractivity contribution in [2.45, 2.75) is 51.2 Å². The van der Waals surface area contributed by atoms with Crippen LogP contribution in [0.4, 0.5) is 0 Å². The standard InChI is InChI=1S/C13H20N2O/c1-13(2,3)9-4-5-15-12(6-9)16-11-7-10(14)8-11/h4-6,10-11H,7-8,14H2,1-3H3. The van der Waals surface area contributed by atoms with Crippen LogP contribution >= 0.6 is 0 Å². The van der Waals surface area contributed by atoms with Crippen LogP contribution in [0.3, 0.4) is 0 Å². The molecule has 0 atom stereocenters. The Labute approximate surface area is 97.0 Å². The summed E-state index contributed by atoms with van der Waals surface area (Å²) in [5.41, 5.74) is 7.11. The molecule has 1 fully saturated rings. The highest BCUT2D eigenvalue weighted by Crippen LogP contribution is 2.27. The van der Waals surface area contributed by atoms with Gasteiger partial charge in [-0.05, 0) is 29.9 Å². The fourth-order valence-corrected chi connectivity index (χ4v) is 1.81. The van der Waals surface area contributed by atoms with Gasteiger partial charge in [0.2, 0.25) is 5.88 Å². The molecule has 0 aromatic carbocycles. The third-order valence-corrected chi connectivity index (χ3v) is 3.02. The molecule has 0 saturated heterocycles. The highest BCUT2D eigenvalue weighted by molar-refractivity contribution is 5.26. The summed E-state index contributed by atoms with van der Waals surface area (Å²) in [6, 6.07) is 4.39. The number of nitrogens with two attached hydrogens (primary N) is 1. The van der Waals surface area contributed by atoms with Gasteiger partial charge in [0.15, 0.2) is 0 Å². The molecule has 3 heteroatoms. The summed E-state index contributed by atoms with van der Waals surface area (Å²) >= 11 is 0. The van der Waals surface area contributed by atoms with E-state index >= 15 is 0 Å². The lowest BCUT2D eigenvalue weighted by molar-refractivity contribution is 0.0956. The number of hydrogen-bond donors (Lipinski definition) is 1. The smallest absolute Gasteiger partial charge is 0.213 e. The maximum absolute atomic E-state index is 5.77. The molecule has 0 amide bonds. The van der Waals surface area contributed by atoms with Gasteiger partial charge in [-0.25, -0.2) is 4.98 Å². The SMILES string of the molecule is CC(C)(C)c1ccnc(OC2CC(N)C2)c1. The molecule has 1 aromatic heterocycles. The molecule has 0 radical (unpaired) electrons. The van der Waals surface area contributed by atoms with Crippen LogP contribution in [0.15, 0.2) is 18.3 Å². The summed E-state index contributed by atoms with van der Waals surface area (Å²) in [5.74, 6) is 0.726. The minimum atomic E-state index is 0.136. The van der Waals surface area contributed by atoms with Gasteiger partial charge in [-0.15, -0.1) is 0 Å². The summed E-state index contributed by atoms with van der Waals surface area (Å²) in [7, 11) is 0. The fraction of sp³-hybridized carbons (Fsp3) is 0.615. The van der Waals surface area contributed by atoms with Crippen molar-refractivity contribution in [3.63, 3.8) is 0 Å². The highest BCUT2D eigenvalue weighted by Gasteiger charge is 2.28. The fourth-order valence-electron chi connectivity index (χ4n) is 1.81. The lowest BCUT2D eigenvalue weighted by atomic mass is 9.88. The molecule has 1 saturated carbocycles. The Morgan fingerprint density at radius 2 is 2.06 bits per heavy atom. The summed E-state index contributed by atoms with van der Waals surface area (Å²) in [5, 5.41) is 0. The maximum atomic E-state index is 5.77. The van der Waals surface area contributed by atoms with Gasteiger partial charge in [-0.2, -0.15) is 0 Å². The van der Waals surface area contributed by atoms with E-state index in [0.29, 0.717) is 6.04 Å². The molecular weight excluding hydrogens is 200 g/mol. The summed E-state index contributed by atoms with van der Waals surface area (Å²) < 4.78 is 5.77. The van der Waals surface area contributed by atoms with Gasteiger partial charge >= 0.3 is 0 Å². The minimum absolute atomic E-state index is 0.136. The number of nitrogens with zero attached hydrogens (tertiary/aromatic N) is 1. The Morgan fingerprint density at radius 3 is 2.62 bits per heavy atom. The zero-order valence-electron chi connectivity index (χ0n) is 10.2. The number of aromatic nitrogens is 1. The highest BCUT2D eigenvalue weighted by atomic mass is 16.5. The van der Waals surface area contributed by atoms with E-state index in [1.165, 1.54) is 5.56 Å². The number of rotatable bonds is 2. The molecule has 2 rings (SSSR count). The van der Waals surface area contributed by atoms with E-state index in [4.69, 9.17) is 10.5 Å². The van der Waals surface area contributed by atoms with E-state index in [9.17, 15) is 0 Å². The van der Waals surface area contributed by atoms with Gasteiger partial charge in [0.1, 0.15) is 6.10 Å². The zero-order chi connectivity index (χ0) is 11.8. The first-order valence-electron chi connectivity index (χ1n) is 5.84. The molecule has 0 unspecified atom stereocenters. The third-order valence-electron chi connectivity index (χ3n) is 3.02. The first kappa shape index (κ1) is 11.4. The van der Waals surface area contributed by atoms with Gasteiger partial charge < -0.3 is 10.5 Å². The summed E-state index contributed by atoms with van der Waals surface area (Å²) in [6.07, 6.45) is 3.97. The van der Waals surface area contributed by atoms with Crippen LogP contribution < -0.4 is 10.5 Å². The third kappa shape index (κ3) is 2.53. The Balaban J connectivity index is 2.05. The molecule has 16 heavy (non-hydrogen) atoms. The van der Waals surface area contributed by atoms with Crippen molar-refractivity contribution < 1.29 is 4.74 Å². The second-order valence-corrected chi connectivity index (χ2v) is 5.60. The molecule has 1 aromatic rings. The maximum Gasteiger partial charge on any atom is 0.213 e. The molecule has 0 spiro atoms. The van der Waals surface area contributed by atoms with Gasteiger partial charge in [-0.1, -0.05) is 20.8 Å². The number of ether oxygens (including phenoxy) is 1. The molecule has 1 aliphatic carbocycles. The predicted molar refractivity (Wildman–Crippen MR) is 64.6 cm³/mol. The van der Waals surface area contributed by atoms with E-state index in [2.05, 4.69) is 25.8 Å². The minimum Gasteiger partial charge on any atom is -0.474 e. The van der Waals surface area contributed by atoms with Crippen molar-refractivity contribution in [3.05, 3.63) is 23.9 Å². The average Bonchev–Trinajstić information content (AvgIpc) is 2.14. The quantitative estimate of drug-likeness (QED) is 0.831. The van der Waals surface area contributed by atoms with Gasteiger partial charge in [0, 0.05) is 18.3 Å². The first-order valence-corrected chi connectivity index (χ1v) is 5.84. The van der Waals surface area contributed by atoms with Crippen LogP contribution in [0, 0.1) is 0 Å². The molecule has 88 valence electrons. The first-order chi connectivity index (χ1) is 7.45. The Morgan fingerprint density at radius 1 is 1.38 bits per heavy atom. The second-order valence-electron chi connectivity index (χ2n) is 5.60. The van der Waals surface area contributed by atoms with Crippen LogP contribution in [-0.4, -0.2) is 17.1 Å². The predicted octanol–water partition coefficient (Wildman–Crippen LogP) is 2.25. The van der Waals surface area contributed by atoms with Gasteiger partial charge in [0.05, 0.1) is 0 Å². The lowest BCUT2D eigenvalue weighted by Crippen LogP contribution is -2.43. The average molecular weight is 220 g/mol. The van der Waals surface area contributed by atoms with Crippen LogP contribution in [0.1, 0.15) is 39.2 Å². The topological polar surface area (TPSA) is 48.1 Å². The van der Waals surface area contributed by atoms with Gasteiger partial charge in [0.25, 0.3) is 0 Å².